The summed E-state index contributed by atoms with van der Waals surface area (Å²) >= 11 is 0. The average molecular weight is 260 g/mol. The van der Waals surface area contributed by atoms with E-state index in [9.17, 15) is 4.79 Å². The van der Waals surface area contributed by atoms with Crippen molar-refractivity contribution in [1.82, 2.24) is 5.32 Å². The highest BCUT2D eigenvalue weighted by Gasteiger charge is 2.31. The minimum Gasteiger partial charge on any atom is -0.359 e. The van der Waals surface area contributed by atoms with Gasteiger partial charge in [0, 0.05) is 12.2 Å². The number of hydrogen-bond donors (Lipinski definition) is 1. The minimum absolute atomic E-state index is 0.115. The summed E-state index contributed by atoms with van der Waals surface area (Å²) in [6.45, 7) is 9.84. The average Bonchev–Trinajstić information content (AvgIpc) is 2.35. The smallest absolute Gasteiger partial charge is 0.239 e. The largest absolute Gasteiger partial charge is 0.359 e. The Labute approximate surface area is 116 Å². The van der Waals surface area contributed by atoms with Crippen molar-refractivity contribution in [2.24, 2.45) is 0 Å². The van der Waals surface area contributed by atoms with Crippen molar-refractivity contribution in [1.29, 1.82) is 0 Å². The fourth-order valence-electron chi connectivity index (χ4n) is 2.94. The number of aryl methyl sites for hydroxylation is 2. The number of piperazine rings is 1. The number of carbonyl (C=O) groups excluding carboxylic acids is 1. The molecule has 1 amide bonds. The number of carbonyl (C=O) groups is 1. The van der Waals surface area contributed by atoms with E-state index in [2.05, 4.69) is 56.1 Å². The van der Waals surface area contributed by atoms with Gasteiger partial charge in [0.15, 0.2) is 0 Å². The van der Waals surface area contributed by atoms with Gasteiger partial charge in [-0.15, -0.1) is 0 Å². The molecular formula is C16H24N2O. The third-order valence-corrected chi connectivity index (χ3v) is 3.68. The predicted octanol–water partition coefficient (Wildman–Crippen LogP) is 2.53. The molecule has 19 heavy (non-hydrogen) atoms. The first kappa shape index (κ1) is 13.9. The van der Waals surface area contributed by atoms with E-state index in [1.54, 1.807) is 0 Å². The third-order valence-electron chi connectivity index (χ3n) is 3.68. The van der Waals surface area contributed by atoms with Crippen molar-refractivity contribution < 1.29 is 4.79 Å². The Balaban J connectivity index is 2.42. The number of amides is 1. The lowest BCUT2D eigenvalue weighted by molar-refractivity contribution is -0.122. The molecule has 1 N–H and O–H groups in total. The molecule has 0 aliphatic carbocycles. The summed E-state index contributed by atoms with van der Waals surface area (Å²) in [6, 6.07) is 6.47. The van der Waals surface area contributed by atoms with Crippen LogP contribution in [0.1, 0.15) is 38.8 Å². The summed E-state index contributed by atoms with van der Waals surface area (Å²) in [5.41, 5.74) is 3.78. The van der Waals surface area contributed by atoms with Crippen LogP contribution in [0.3, 0.4) is 0 Å². The highest BCUT2D eigenvalue weighted by atomic mass is 16.2. The van der Waals surface area contributed by atoms with E-state index >= 15 is 0 Å². The monoisotopic (exact) mass is 260 g/mol. The lowest BCUT2D eigenvalue weighted by atomic mass is 9.97. The maximum atomic E-state index is 11.9. The number of nitrogens with one attached hydrogen (secondary N) is 1. The van der Waals surface area contributed by atoms with E-state index in [0.29, 0.717) is 6.54 Å². The summed E-state index contributed by atoms with van der Waals surface area (Å²) in [6.07, 6.45) is 2.00. The van der Waals surface area contributed by atoms with E-state index in [0.717, 1.165) is 19.4 Å². The number of hydrogen-bond acceptors (Lipinski definition) is 2. The number of benzene rings is 1. The van der Waals surface area contributed by atoms with Crippen LogP contribution >= 0.6 is 0 Å². The topological polar surface area (TPSA) is 32.3 Å². The molecule has 1 aliphatic rings. The van der Waals surface area contributed by atoms with Crippen molar-refractivity contribution in [3.63, 3.8) is 0 Å². The first-order valence-corrected chi connectivity index (χ1v) is 7.13. The van der Waals surface area contributed by atoms with Gasteiger partial charge < -0.3 is 10.2 Å². The van der Waals surface area contributed by atoms with E-state index in [1.807, 2.05) is 0 Å². The summed E-state index contributed by atoms with van der Waals surface area (Å²) in [5, 5.41) is 3.05. The van der Waals surface area contributed by atoms with Gasteiger partial charge in [-0.3, -0.25) is 4.79 Å². The third kappa shape index (κ3) is 2.91. The SMILES string of the molecule is CCc1cccc(CC)c1N1CC(=O)NC(C)(C)C1. The minimum atomic E-state index is -0.165. The van der Waals surface area contributed by atoms with Gasteiger partial charge in [-0.25, -0.2) is 0 Å². The van der Waals surface area contributed by atoms with Crippen molar-refractivity contribution in [2.75, 3.05) is 18.0 Å². The second-order valence-corrected chi connectivity index (χ2v) is 5.92. The molecule has 0 saturated carbocycles. The highest BCUT2D eigenvalue weighted by molar-refractivity contribution is 5.84. The Morgan fingerprint density at radius 1 is 1.21 bits per heavy atom. The molecule has 0 bridgehead atoms. The second-order valence-electron chi connectivity index (χ2n) is 5.92. The van der Waals surface area contributed by atoms with Gasteiger partial charge in [-0.1, -0.05) is 32.0 Å². The summed E-state index contributed by atoms with van der Waals surface area (Å²) in [7, 11) is 0. The standard InChI is InChI=1S/C16H24N2O/c1-5-12-8-7-9-13(6-2)15(12)18-10-14(19)17-16(3,4)11-18/h7-9H,5-6,10-11H2,1-4H3,(H,17,19). The molecule has 0 aromatic heterocycles. The molecule has 1 aromatic carbocycles. The fourth-order valence-corrected chi connectivity index (χ4v) is 2.94. The quantitative estimate of drug-likeness (QED) is 0.905. The maximum Gasteiger partial charge on any atom is 0.239 e. The molecule has 1 saturated heterocycles. The number of anilines is 1. The summed E-state index contributed by atoms with van der Waals surface area (Å²) < 4.78 is 0. The Morgan fingerprint density at radius 3 is 2.26 bits per heavy atom. The van der Waals surface area contributed by atoms with Crippen LogP contribution in [0.25, 0.3) is 0 Å². The molecule has 1 heterocycles. The zero-order chi connectivity index (χ0) is 14.0. The molecule has 0 radical (unpaired) electrons. The van der Waals surface area contributed by atoms with Crippen LogP contribution in [0, 0.1) is 0 Å². The lowest BCUT2D eigenvalue weighted by Crippen LogP contribution is -2.60. The number of nitrogens with zero attached hydrogens (tertiary/aromatic N) is 1. The predicted molar refractivity (Wildman–Crippen MR) is 79.6 cm³/mol. The van der Waals surface area contributed by atoms with Crippen LogP contribution in [0.15, 0.2) is 18.2 Å². The first-order valence-electron chi connectivity index (χ1n) is 7.13. The summed E-state index contributed by atoms with van der Waals surface area (Å²) in [5.74, 6) is 0.115. The van der Waals surface area contributed by atoms with Crippen molar-refractivity contribution in [2.45, 2.75) is 46.1 Å². The van der Waals surface area contributed by atoms with Crippen LogP contribution in [0.2, 0.25) is 0 Å². The van der Waals surface area contributed by atoms with Gasteiger partial charge in [-0.05, 0) is 37.8 Å². The van der Waals surface area contributed by atoms with Gasteiger partial charge in [-0.2, -0.15) is 0 Å². The van der Waals surface area contributed by atoms with Crippen LogP contribution in [0.5, 0.6) is 0 Å². The zero-order valence-corrected chi connectivity index (χ0v) is 12.4. The molecule has 1 fully saturated rings. The van der Waals surface area contributed by atoms with Gasteiger partial charge in [0.25, 0.3) is 0 Å². The lowest BCUT2D eigenvalue weighted by Gasteiger charge is -2.41. The number of rotatable bonds is 3. The van der Waals surface area contributed by atoms with E-state index in [-0.39, 0.29) is 11.4 Å². The van der Waals surface area contributed by atoms with Crippen LogP contribution in [0.4, 0.5) is 5.69 Å². The van der Waals surface area contributed by atoms with Crippen molar-refractivity contribution >= 4 is 11.6 Å². The normalized spacial score (nSPS) is 18.3. The van der Waals surface area contributed by atoms with Crippen molar-refractivity contribution in [3.05, 3.63) is 29.3 Å². The molecule has 1 aromatic rings. The van der Waals surface area contributed by atoms with Gasteiger partial charge in [0.05, 0.1) is 12.1 Å². The Bertz CT molecular complexity index is 457. The van der Waals surface area contributed by atoms with Gasteiger partial charge in [0.1, 0.15) is 0 Å². The van der Waals surface area contributed by atoms with E-state index in [1.165, 1.54) is 16.8 Å². The zero-order valence-electron chi connectivity index (χ0n) is 12.4. The number of para-hydroxylation sites is 1. The molecular weight excluding hydrogens is 236 g/mol. The molecule has 3 heteroatoms. The molecule has 104 valence electrons. The van der Waals surface area contributed by atoms with Crippen LogP contribution in [-0.2, 0) is 17.6 Å². The first-order chi connectivity index (χ1) is 8.96. The molecule has 0 unspecified atom stereocenters. The van der Waals surface area contributed by atoms with E-state index in [4.69, 9.17) is 0 Å². The summed E-state index contributed by atoms with van der Waals surface area (Å²) in [4.78, 5) is 14.2. The van der Waals surface area contributed by atoms with Gasteiger partial charge >= 0.3 is 0 Å². The fraction of sp³-hybridized carbons (Fsp3) is 0.562. The van der Waals surface area contributed by atoms with Gasteiger partial charge in [0.2, 0.25) is 5.91 Å². The molecule has 0 spiro atoms. The van der Waals surface area contributed by atoms with E-state index < -0.39 is 0 Å². The Kier molecular flexibility index (Phi) is 3.83. The van der Waals surface area contributed by atoms with Crippen LogP contribution < -0.4 is 10.2 Å². The molecule has 0 atom stereocenters. The Hall–Kier alpha value is -1.51. The van der Waals surface area contributed by atoms with Crippen molar-refractivity contribution in [3.8, 4) is 0 Å². The molecule has 2 rings (SSSR count). The highest BCUT2D eigenvalue weighted by Crippen LogP contribution is 2.29. The van der Waals surface area contributed by atoms with Crippen LogP contribution in [-0.4, -0.2) is 24.5 Å². The molecule has 1 aliphatic heterocycles. The maximum absolute atomic E-state index is 11.9. The molecule has 3 nitrogen and oxygen atoms in total. The Morgan fingerprint density at radius 2 is 1.79 bits per heavy atom. The second kappa shape index (κ2) is 5.24.